The van der Waals surface area contributed by atoms with E-state index in [4.69, 9.17) is 5.73 Å². The van der Waals surface area contributed by atoms with Crippen LogP contribution in [0.4, 0.5) is 0 Å². The van der Waals surface area contributed by atoms with E-state index in [1.165, 1.54) is 25.7 Å². The second kappa shape index (κ2) is 9.77. The van der Waals surface area contributed by atoms with Gasteiger partial charge in [0.25, 0.3) is 0 Å². The predicted octanol–water partition coefficient (Wildman–Crippen LogP) is 2.61. The first-order chi connectivity index (χ1) is 11.6. The van der Waals surface area contributed by atoms with Crippen LogP contribution in [0.25, 0.3) is 0 Å². The highest BCUT2D eigenvalue weighted by molar-refractivity contribution is 5.85. The van der Waals surface area contributed by atoms with Crippen LogP contribution in [0.1, 0.15) is 70.6 Å². The van der Waals surface area contributed by atoms with Crippen LogP contribution in [0.15, 0.2) is 0 Å². The van der Waals surface area contributed by atoms with E-state index in [-0.39, 0.29) is 36.3 Å². The summed E-state index contributed by atoms with van der Waals surface area (Å²) in [7, 11) is 0. The molecule has 0 spiro atoms. The van der Waals surface area contributed by atoms with Gasteiger partial charge >= 0.3 is 0 Å². The molecule has 2 aliphatic carbocycles. The summed E-state index contributed by atoms with van der Waals surface area (Å²) < 4.78 is 0. The summed E-state index contributed by atoms with van der Waals surface area (Å²) in [5.41, 5.74) is 6.08. The maximum Gasteiger partial charge on any atom is 0.222 e. The van der Waals surface area contributed by atoms with Gasteiger partial charge in [-0.25, -0.2) is 0 Å². The molecule has 144 valence electrons. The van der Waals surface area contributed by atoms with Crippen LogP contribution in [-0.4, -0.2) is 41.9 Å². The van der Waals surface area contributed by atoms with Crippen molar-refractivity contribution in [3.8, 4) is 0 Å². The number of rotatable bonds is 5. The smallest absolute Gasteiger partial charge is 0.222 e. The Bertz CT molecular complexity index is 446. The van der Waals surface area contributed by atoms with Crippen molar-refractivity contribution in [1.82, 2.24) is 10.2 Å². The first kappa shape index (κ1) is 20.5. The van der Waals surface area contributed by atoms with Crippen LogP contribution in [0.5, 0.6) is 0 Å². The highest BCUT2D eigenvalue weighted by Gasteiger charge is 2.30. The molecule has 0 unspecified atom stereocenters. The molecule has 0 aromatic heterocycles. The Kier molecular flexibility index (Phi) is 8.01. The highest BCUT2D eigenvalue weighted by Crippen LogP contribution is 2.29. The van der Waals surface area contributed by atoms with E-state index < -0.39 is 0 Å². The van der Waals surface area contributed by atoms with Crippen molar-refractivity contribution in [3.05, 3.63) is 0 Å². The van der Waals surface area contributed by atoms with Crippen molar-refractivity contribution in [2.24, 2.45) is 17.6 Å². The molecule has 5 nitrogen and oxygen atoms in total. The molecule has 2 saturated carbocycles. The van der Waals surface area contributed by atoms with Crippen molar-refractivity contribution in [2.75, 3.05) is 13.1 Å². The van der Waals surface area contributed by atoms with E-state index in [1.54, 1.807) is 0 Å². The molecular formula is C19H34ClN3O2. The zero-order valence-electron chi connectivity index (χ0n) is 15.3. The molecular weight excluding hydrogens is 338 g/mol. The minimum Gasteiger partial charge on any atom is -0.353 e. The third-order valence-electron chi connectivity index (χ3n) is 6.32. The minimum atomic E-state index is 0. The molecule has 2 atom stereocenters. The lowest BCUT2D eigenvalue weighted by molar-refractivity contribution is -0.133. The second-order valence-corrected chi connectivity index (χ2v) is 8.14. The summed E-state index contributed by atoms with van der Waals surface area (Å²) in [5, 5.41) is 3.19. The number of nitrogens with two attached hydrogens (primary N) is 1. The number of amides is 2. The van der Waals surface area contributed by atoms with E-state index in [9.17, 15) is 9.59 Å². The van der Waals surface area contributed by atoms with Gasteiger partial charge in [-0.2, -0.15) is 0 Å². The number of nitrogens with zero attached hydrogens (tertiary/aromatic N) is 1. The Labute approximate surface area is 157 Å². The summed E-state index contributed by atoms with van der Waals surface area (Å²) in [5.74, 6) is 1.44. The van der Waals surface area contributed by atoms with Crippen molar-refractivity contribution < 1.29 is 9.59 Å². The monoisotopic (exact) mass is 371 g/mol. The van der Waals surface area contributed by atoms with Crippen LogP contribution >= 0.6 is 12.4 Å². The first-order valence-corrected chi connectivity index (χ1v) is 9.94. The van der Waals surface area contributed by atoms with E-state index in [1.807, 2.05) is 4.90 Å². The topological polar surface area (TPSA) is 75.4 Å². The summed E-state index contributed by atoms with van der Waals surface area (Å²) in [6.45, 7) is 1.55. The molecule has 6 heteroatoms. The third-order valence-corrected chi connectivity index (χ3v) is 6.32. The number of likely N-dealkylation sites (tertiary alicyclic amines) is 1. The van der Waals surface area contributed by atoms with Crippen LogP contribution in [-0.2, 0) is 9.59 Å². The Morgan fingerprint density at radius 3 is 2.20 bits per heavy atom. The van der Waals surface area contributed by atoms with Crippen molar-refractivity contribution in [1.29, 1.82) is 0 Å². The number of carbonyl (C=O) groups excluding carboxylic acids is 2. The van der Waals surface area contributed by atoms with Crippen LogP contribution in [0.3, 0.4) is 0 Å². The normalized spacial score (nSPS) is 28.0. The van der Waals surface area contributed by atoms with Crippen LogP contribution in [0, 0.1) is 11.8 Å². The van der Waals surface area contributed by atoms with Crippen LogP contribution < -0.4 is 11.1 Å². The molecule has 3 N–H and O–H groups in total. The molecule has 0 aromatic carbocycles. The van der Waals surface area contributed by atoms with Gasteiger partial charge < -0.3 is 16.0 Å². The Morgan fingerprint density at radius 2 is 1.60 bits per heavy atom. The van der Waals surface area contributed by atoms with Gasteiger partial charge in [-0.05, 0) is 50.4 Å². The van der Waals surface area contributed by atoms with Gasteiger partial charge in [-0.1, -0.05) is 19.3 Å². The lowest BCUT2D eigenvalue weighted by Crippen LogP contribution is -2.47. The average molecular weight is 372 g/mol. The standard InChI is InChI=1S/C19H33N3O2.ClH/c20-17-7-3-6-15(17)13-19(24)22-10-8-16(9-11-22)21-18(23)12-14-4-1-2-5-14;/h14-17H,1-13,20H2,(H,21,23);1H/t15-,17+;/m0./s1. The predicted molar refractivity (Wildman–Crippen MR) is 102 cm³/mol. The molecule has 25 heavy (non-hydrogen) atoms. The van der Waals surface area contributed by atoms with E-state index in [2.05, 4.69) is 5.32 Å². The Morgan fingerprint density at radius 1 is 0.920 bits per heavy atom. The van der Waals surface area contributed by atoms with Crippen LogP contribution in [0.2, 0.25) is 0 Å². The average Bonchev–Trinajstić information content (AvgIpc) is 3.20. The maximum absolute atomic E-state index is 12.4. The number of hydrogen-bond donors (Lipinski definition) is 2. The molecule has 1 aliphatic heterocycles. The zero-order valence-corrected chi connectivity index (χ0v) is 16.1. The number of carbonyl (C=O) groups is 2. The fourth-order valence-electron chi connectivity index (χ4n) is 4.71. The summed E-state index contributed by atoms with van der Waals surface area (Å²) in [6, 6.07) is 0.457. The summed E-state index contributed by atoms with van der Waals surface area (Å²) in [4.78, 5) is 26.6. The number of nitrogens with one attached hydrogen (secondary N) is 1. The van der Waals surface area contributed by atoms with E-state index in [0.29, 0.717) is 24.7 Å². The largest absolute Gasteiger partial charge is 0.353 e. The molecule has 2 amide bonds. The first-order valence-electron chi connectivity index (χ1n) is 9.94. The maximum atomic E-state index is 12.4. The van der Waals surface area contributed by atoms with E-state index in [0.717, 1.165) is 45.2 Å². The molecule has 1 heterocycles. The van der Waals surface area contributed by atoms with Gasteiger partial charge in [0.2, 0.25) is 11.8 Å². The van der Waals surface area contributed by atoms with Gasteiger partial charge in [0.05, 0.1) is 0 Å². The van der Waals surface area contributed by atoms with Gasteiger partial charge in [-0.3, -0.25) is 9.59 Å². The summed E-state index contributed by atoms with van der Waals surface area (Å²) >= 11 is 0. The Balaban J connectivity index is 0.00000225. The van der Waals surface area contributed by atoms with Crippen molar-refractivity contribution >= 4 is 24.2 Å². The van der Waals surface area contributed by atoms with E-state index >= 15 is 0 Å². The highest BCUT2D eigenvalue weighted by atomic mass is 35.5. The fourth-order valence-corrected chi connectivity index (χ4v) is 4.71. The van der Waals surface area contributed by atoms with Crippen molar-refractivity contribution in [2.45, 2.75) is 82.7 Å². The van der Waals surface area contributed by atoms with Crippen molar-refractivity contribution in [3.63, 3.8) is 0 Å². The molecule has 0 aromatic rings. The van der Waals surface area contributed by atoms with Gasteiger partial charge in [0.15, 0.2) is 0 Å². The fraction of sp³-hybridized carbons (Fsp3) is 0.895. The van der Waals surface area contributed by atoms with Gasteiger partial charge in [0.1, 0.15) is 0 Å². The van der Waals surface area contributed by atoms with Gasteiger partial charge in [0, 0.05) is 38.0 Å². The lowest BCUT2D eigenvalue weighted by atomic mass is 9.97. The minimum absolute atomic E-state index is 0. The molecule has 0 bridgehead atoms. The van der Waals surface area contributed by atoms with Gasteiger partial charge in [-0.15, -0.1) is 12.4 Å². The molecule has 3 aliphatic rings. The SMILES string of the molecule is Cl.N[C@@H]1CCC[C@H]1CC(=O)N1CCC(NC(=O)CC2CCCC2)CC1. The summed E-state index contributed by atoms with van der Waals surface area (Å²) in [6.07, 6.45) is 11.4. The molecule has 3 fully saturated rings. The molecule has 0 radical (unpaired) electrons. The quantitative estimate of drug-likeness (QED) is 0.779. The third kappa shape index (κ3) is 5.85. The Hall–Kier alpha value is -0.810. The number of hydrogen-bond acceptors (Lipinski definition) is 3. The molecule has 1 saturated heterocycles. The zero-order chi connectivity index (χ0) is 16.9. The molecule has 3 rings (SSSR count). The lowest BCUT2D eigenvalue weighted by Gasteiger charge is -2.33. The second-order valence-electron chi connectivity index (χ2n) is 8.14. The number of halogens is 1. The number of piperidine rings is 1.